The number of thiocarbonyl (C=S) groups is 1. The molecular weight excluding hydrogens is 500 g/mol. The van der Waals surface area contributed by atoms with Crippen LogP contribution in [0.1, 0.15) is 42.5 Å². The predicted molar refractivity (Wildman–Crippen MR) is 122 cm³/mol. The van der Waals surface area contributed by atoms with Crippen LogP contribution in [0.15, 0.2) is 57.5 Å². The highest BCUT2D eigenvalue weighted by Gasteiger charge is 2.59. The first-order valence-corrected chi connectivity index (χ1v) is 11.7. The van der Waals surface area contributed by atoms with Gasteiger partial charge in [-0.05, 0) is 60.5 Å². The minimum Gasteiger partial charge on any atom is -0.342 e. The van der Waals surface area contributed by atoms with E-state index in [9.17, 15) is 0 Å². The first-order valence-electron chi connectivity index (χ1n) is 9.69. The minimum atomic E-state index is -0.240. The van der Waals surface area contributed by atoms with E-state index < -0.39 is 0 Å². The molecule has 2 saturated heterocycles. The quantitative estimate of drug-likeness (QED) is 0.432. The average molecular weight is 522 g/mol. The Morgan fingerprint density at radius 2 is 1.32 bits per heavy atom. The molecule has 28 heavy (non-hydrogen) atoms. The molecule has 5 rings (SSSR count). The smallest absolute Gasteiger partial charge is 0.182 e. The van der Waals surface area contributed by atoms with Gasteiger partial charge in [-0.1, -0.05) is 62.5 Å². The van der Waals surface area contributed by atoms with Crippen LogP contribution in [0.3, 0.4) is 0 Å². The molecular formula is C21H22Br2N4S. The van der Waals surface area contributed by atoms with Crippen LogP contribution in [0.4, 0.5) is 0 Å². The SMILES string of the molecule is S=C1NNC2(N1)C1CCCC2C(c2ccc(Br)cc2)NC1c1ccc(Br)cc1. The maximum Gasteiger partial charge on any atom is 0.182 e. The van der Waals surface area contributed by atoms with E-state index in [4.69, 9.17) is 12.2 Å². The van der Waals surface area contributed by atoms with Crippen LogP contribution in [-0.2, 0) is 0 Å². The summed E-state index contributed by atoms with van der Waals surface area (Å²) in [6.45, 7) is 0. The van der Waals surface area contributed by atoms with Gasteiger partial charge in [0.1, 0.15) is 5.66 Å². The highest BCUT2D eigenvalue weighted by molar-refractivity contribution is 9.10. The molecule has 2 heterocycles. The van der Waals surface area contributed by atoms with E-state index in [2.05, 4.69) is 102 Å². The van der Waals surface area contributed by atoms with Crippen LogP contribution in [-0.4, -0.2) is 10.8 Å². The summed E-state index contributed by atoms with van der Waals surface area (Å²) >= 11 is 12.6. The second kappa shape index (κ2) is 7.36. The van der Waals surface area contributed by atoms with E-state index in [-0.39, 0.29) is 17.7 Å². The minimum absolute atomic E-state index is 0.237. The Bertz CT molecular complexity index is 827. The molecule has 1 spiro atoms. The summed E-state index contributed by atoms with van der Waals surface area (Å²) in [5.41, 5.74) is 9.18. The summed E-state index contributed by atoms with van der Waals surface area (Å²) in [5, 5.41) is 8.35. The Morgan fingerprint density at radius 1 is 0.821 bits per heavy atom. The first kappa shape index (κ1) is 19.0. The molecule has 0 aromatic heterocycles. The second-order valence-electron chi connectivity index (χ2n) is 7.94. The summed E-state index contributed by atoms with van der Waals surface area (Å²) in [4.78, 5) is 0. The maximum atomic E-state index is 5.48. The molecule has 2 aliphatic heterocycles. The molecule has 2 aromatic rings. The standard InChI is InChI=1S/C21H22Br2N4S/c22-14-8-4-12(5-9-14)18-16-2-1-3-17(21(16)25-20(28)26-27-21)19(24-18)13-6-10-15(23)11-7-13/h4-11,16-19,24,27H,1-3H2,(H2,25,26,28). The lowest BCUT2D eigenvalue weighted by Crippen LogP contribution is -2.71. The zero-order valence-electron chi connectivity index (χ0n) is 15.2. The third-order valence-electron chi connectivity index (χ3n) is 6.53. The molecule has 0 radical (unpaired) electrons. The Hall–Kier alpha value is -0.990. The van der Waals surface area contributed by atoms with Gasteiger partial charge in [-0.25, -0.2) is 5.43 Å². The Morgan fingerprint density at radius 3 is 1.75 bits per heavy atom. The molecule has 4 atom stereocenters. The van der Waals surface area contributed by atoms with Crippen LogP contribution in [0.5, 0.6) is 0 Å². The zero-order valence-corrected chi connectivity index (χ0v) is 19.2. The van der Waals surface area contributed by atoms with Crippen molar-refractivity contribution in [2.45, 2.75) is 37.0 Å². The molecule has 3 fully saturated rings. The predicted octanol–water partition coefficient (Wildman–Crippen LogP) is 4.69. The number of rotatable bonds is 2. The van der Waals surface area contributed by atoms with Crippen molar-refractivity contribution < 1.29 is 0 Å². The molecule has 4 unspecified atom stereocenters. The number of halogens is 2. The first-order chi connectivity index (χ1) is 13.6. The summed E-state index contributed by atoms with van der Waals surface area (Å²) in [6, 6.07) is 17.9. The Balaban J connectivity index is 1.61. The normalized spacial score (nSPS) is 34.1. The van der Waals surface area contributed by atoms with E-state index in [1.54, 1.807) is 0 Å². The van der Waals surface area contributed by atoms with E-state index >= 15 is 0 Å². The average Bonchev–Trinajstić information content (AvgIpc) is 3.05. The molecule has 1 saturated carbocycles. The van der Waals surface area contributed by atoms with Crippen LogP contribution < -0.4 is 21.5 Å². The van der Waals surface area contributed by atoms with Crippen molar-refractivity contribution in [2.24, 2.45) is 11.8 Å². The molecule has 3 aliphatic rings. The van der Waals surface area contributed by atoms with Gasteiger partial charge in [-0.2, -0.15) is 0 Å². The van der Waals surface area contributed by atoms with Crippen molar-refractivity contribution in [1.82, 2.24) is 21.5 Å². The van der Waals surface area contributed by atoms with Gasteiger partial charge in [-0.3, -0.25) is 5.43 Å². The third-order valence-corrected chi connectivity index (χ3v) is 7.79. The highest BCUT2D eigenvalue weighted by Crippen LogP contribution is 2.53. The molecule has 2 aromatic carbocycles. The number of hydrogen-bond donors (Lipinski definition) is 4. The fourth-order valence-electron chi connectivity index (χ4n) is 5.35. The van der Waals surface area contributed by atoms with Gasteiger partial charge in [0.2, 0.25) is 0 Å². The van der Waals surface area contributed by atoms with Crippen molar-refractivity contribution in [3.63, 3.8) is 0 Å². The summed E-state index contributed by atoms with van der Waals surface area (Å²) in [6.07, 6.45) is 3.54. The summed E-state index contributed by atoms with van der Waals surface area (Å²) in [7, 11) is 0. The van der Waals surface area contributed by atoms with Gasteiger partial charge in [0.05, 0.1) is 0 Å². The number of benzene rings is 2. The van der Waals surface area contributed by atoms with Crippen molar-refractivity contribution in [3.05, 3.63) is 68.6 Å². The van der Waals surface area contributed by atoms with Gasteiger partial charge in [0.15, 0.2) is 5.11 Å². The van der Waals surface area contributed by atoms with Crippen molar-refractivity contribution in [2.75, 3.05) is 0 Å². The Kier molecular flexibility index (Phi) is 5.00. The fraction of sp³-hybridized carbons (Fsp3) is 0.381. The third kappa shape index (κ3) is 3.12. The van der Waals surface area contributed by atoms with Gasteiger partial charge < -0.3 is 10.6 Å². The van der Waals surface area contributed by atoms with Gasteiger partial charge in [-0.15, -0.1) is 0 Å². The molecule has 4 N–H and O–H groups in total. The summed E-state index contributed by atoms with van der Waals surface area (Å²) in [5.74, 6) is 0.791. The highest BCUT2D eigenvalue weighted by atomic mass is 79.9. The topological polar surface area (TPSA) is 48.1 Å². The largest absolute Gasteiger partial charge is 0.342 e. The fourth-order valence-corrected chi connectivity index (χ4v) is 6.10. The molecule has 2 bridgehead atoms. The molecule has 4 nitrogen and oxygen atoms in total. The van der Waals surface area contributed by atoms with Gasteiger partial charge >= 0.3 is 0 Å². The van der Waals surface area contributed by atoms with E-state index in [1.807, 2.05) is 0 Å². The van der Waals surface area contributed by atoms with E-state index in [0.29, 0.717) is 16.9 Å². The molecule has 146 valence electrons. The number of hydrazine groups is 1. The number of piperidine rings is 1. The monoisotopic (exact) mass is 520 g/mol. The lowest BCUT2D eigenvalue weighted by molar-refractivity contribution is -0.0261. The van der Waals surface area contributed by atoms with Crippen molar-refractivity contribution in [1.29, 1.82) is 0 Å². The lowest BCUT2D eigenvalue weighted by Gasteiger charge is -2.57. The van der Waals surface area contributed by atoms with Crippen LogP contribution in [0.2, 0.25) is 0 Å². The Labute approximate surface area is 187 Å². The molecule has 1 aliphatic carbocycles. The van der Waals surface area contributed by atoms with Crippen LogP contribution >= 0.6 is 44.1 Å². The summed E-state index contributed by atoms with van der Waals surface area (Å²) < 4.78 is 2.21. The van der Waals surface area contributed by atoms with Crippen molar-refractivity contribution in [3.8, 4) is 0 Å². The zero-order chi connectivity index (χ0) is 19.3. The van der Waals surface area contributed by atoms with E-state index in [1.165, 1.54) is 17.5 Å². The maximum absolute atomic E-state index is 5.48. The second-order valence-corrected chi connectivity index (χ2v) is 10.2. The van der Waals surface area contributed by atoms with Crippen molar-refractivity contribution >= 4 is 49.2 Å². The lowest BCUT2D eigenvalue weighted by atomic mass is 9.61. The van der Waals surface area contributed by atoms with Gasteiger partial charge in [0, 0.05) is 32.9 Å². The van der Waals surface area contributed by atoms with Crippen LogP contribution in [0.25, 0.3) is 0 Å². The van der Waals surface area contributed by atoms with Crippen LogP contribution in [0, 0.1) is 11.8 Å². The van der Waals surface area contributed by atoms with E-state index in [0.717, 1.165) is 21.8 Å². The van der Waals surface area contributed by atoms with Gasteiger partial charge in [0.25, 0.3) is 0 Å². The number of nitrogens with one attached hydrogen (secondary N) is 4. The molecule has 7 heteroatoms. The number of hydrogen-bond acceptors (Lipinski definition) is 3. The molecule has 0 amide bonds.